The molecule has 19 heavy (non-hydrogen) atoms. The molecule has 0 radical (unpaired) electrons. The Hall–Kier alpha value is -0.210. The molecule has 0 aromatic carbocycles. The minimum atomic E-state index is -3.24. The smallest absolute Gasteiger partial charge is 0.281 e. The first-order valence-corrected chi connectivity index (χ1v) is 8.65. The molecule has 2 rings (SSSR count). The van der Waals surface area contributed by atoms with E-state index in [0.29, 0.717) is 19.6 Å². The van der Waals surface area contributed by atoms with Crippen LogP contribution in [0.4, 0.5) is 0 Å². The van der Waals surface area contributed by atoms with Gasteiger partial charge in [0, 0.05) is 59.4 Å². The van der Waals surface area contributed by atoms with Crippen molar-refractivity contribution < 1.29 is 8.42 Å². The van der Waals surface area contributed by atoms with Crippen LogP contribution in [0.1, 0.15) is 19.3 Å². The number of hydrogen-bond acceptors (Lipinski definition) is 4. The number of rotatable bonds is 5. The molecule has 6 nitrogen and oxygen atoms in total. The van der Waals surface area contributed by atoms with Crippen molar-refractivity contribution in [1.29, 1.82) is 0 Å². The molecule has 2 heterocycles. The van der Waals surface area contributed by atoms with Gasteiger partial charge in [0.25, 0.3) is 10.2 Å². The number of nitrogens with one attached hydrogen (secondary N) is 1. The maximum absolute atomic E-state index is 12.4. The van der Waals surface area contributed by atoms with Crippen LogP contribution in [0.15, 0.2) is 0 Å². The lowest BCUT2D eigenvalue weighted by Crippen LogP contribution is -2.49. The van der Waals surface area contributed by atoms with Gasteiger partial charge in [0.15, 0.2) is 0 Å². The molecule has 0 saturated carbocycles. The average Bonchev–Trinajstić information content (AvgIpc) is 2.46. The molecule has 0 spiro atoms. The number of hydrogen-bond donors (Lipinski definition) is 1. The third kappa shape index (κ3) is 4.13. The van der Waals surface area contributed by atoms with Crippen LogP contribution in [0, 0.1) is 0 Å². The Labute approximate surface area is 116 Å². The number of likely N-dealkylation sites (N-methyl/N-ethyl adjacent to an activating group) is 1. The molecule has 0 bridgehead atoms. The number of piperazine rings is 1. The van der Waals surface area contributed by atoms with E-state index >= 15 is 0 Å². The molecule has 2 aliphatic rings. The summed E-state index contributed by atoms with van der Waals surface area (Å²) in [6.45, 7) is 6.80. The summed E-state index contributed by atoms with van der Waals surface area (Å²) in [4.78, 5) is 2.32. The van der Waals surface area contributed by atoms with E-state index in [1.807, 2.05) is 0 Å². The van der Waals surface area contributed by atoms with Gasteiger partial charge in [0.1, 0.15) is 0 Å². The van der Waals surface area contributed by atoms with Gasteiger partial charge in [-0.05, 0) is 12.8 Å². The van der Waals surface area contributed by atoms with Gasteiger partial charge >= 0.3 is 0 Å². The van der Waals surface area contributed by atoms with E-state index in [1.165, 1.54) is 4.31 Å². The fraction of sp³-hybridized carbons (Fsp3) is 1.00. The van der Waals surface area contributed by atoms with Gasteiger partial charge in [-0.3, -0.25) is 4.90 Å². The van der Waals surface area contributed by atoms with Crippen LogP contribution < -0.4 is 5.32 Å². The molecule has 112 valence electrons. The molecule has 0 atom stereocenters. The average molecular weight is 290 g/mol. The predicted molar refractivity (Wildman–Crippen MR) is 76.3 cm³/mol. The maximum Gasteiger partial charge on any atom is 0.281 e. The van der Waals surface area contributed by atoms with Crippen LogP contribution in [0.5, 0.6) is 0 Å². The Morgan fingerprint density at radius 3 is 2.32 bits per heavy atom. The van der Waals surface area contributed by atoms with E-state index < -0.39 is 10.2 Å². The van der Waals surface area contributed by atoms with Crippen LogP contribution in [-0.4, -0.2) is 81.3 Å². The van der Waals surface area contributed by atoms with E-state index in [-0.39, 0.29) is 0 Å². The zero-order valence-electron chi connectivity index (χ0n) is 11.8. The fourth-order valence-electron chi connectivity index (χ4n) is 2.63. The molecular weight excluding hydrogens is 264 g/mol. The highest BCUT2D eigenvalue weighted by molar-refractivity contribution is 7.86. The topological polar surface area (TPSA) is 55.9 Å². The molecule has 0 unspecified atom stereocenters. The van der Waals surface area contributed by atoms with Crippen molar-refractivity contribution in [1.82, 2.24) is 18.8 Å². The summed E-state index contributed by atoms with van der Waals surface area (Å²) in [5, 5.41) is 3.30. The Morgan fingerprint density at radius 2 is 1.68 bits per heavy atom. The lowest BCUT2D eigenvalue weighted by atomic mass is 10.2. The van der Waals surface area contributed by atoms with E-state index in [1.54, 1.807) is 11.4 Å². The number of piperidine rings is 1. The summed E-state index contributed by atoms with van der Waals surface area (Å²) >= 11 is 0. The lowest BCUT2D eigenvalue weighted by Gasteiger charge is -2.32. The minimum absolute atomic E-state index is 0.582. The third-order valence-electron chi connectivity index (χ3n) is 3.98. The van der Waals surface area contributed by atoms with Gasteiger partial charge in [0.2, 0.25) is 0 Å². The highest BCUT2D eigenvalue weighted by Crippen LogP contribution is 2.15. The van der Waals surface area contributed by atoms with Crippen molar-refractivity contribution in [3.05, 3.63) is 0 Å². The Balaban J connectivity index is 1.81. The minimum Gasteiger partial charge on any atom is -0.314 e. The SMILES string of the molecule is CN(CCN1CCNCC1)S(=O)(=O)N1CCCCC1. The second-order valence-corrected chi connectivity index (χ2v) is 7.42. The second kappa shape index (κ2) is 6.99. The van der Waals surface area contributed by atoms with Crippen molar-refractivity contribution >= 4 is 10.2 Å². The van der Waals surface area contributed by atoms with Gasteiger partial charge in [0.05, 0.1) is 0 Å². The van der Waals surface area contributed by atoms with Gasteiger partial charge in [-0.1, -0.05) is 6.42 Å². The zero-order valence-corrected chi connectivity index (χ0v) is 12.7. The molecule has 2 aliphatic heterocycles. The highest BCUT2D eigenvalue weighted by Gasteiger charge is 2.28. The third-order valence-corrected chi connectivity index (χ3v) is 5.96. The van der Waals surface area contributed by atoms with Crippen LogP contribution in [0.2, 0.25) is 0 Å². The molecule has 0 amide bonds. The zero-order chi connectivity index (χ0) is 13.7. The molecule has 7 heteroatoms. The Kier molecular flexibility index (Phi) is 5.58. The van der Waals surface area contributed by atoms with Gasteiger partial charge in [-0.2, -0.15) is 17.0 Å². The fourth-order valence-corrected chi connectivity index (χ4v) is 4.05. The maximum atomic E-state index is 12.4. The summed E-state index contributed by atoms with van der Waals surface area (Å²) < 4.78 is 27.9. The van der Waals surface area contributed by atoms with Crippen LogP contribution in [0.3, 0.4) is 0 Å². The highest BCUT2D eigenvalue weighted by atomic mass is 32.2. The van der Waals surface area contributed by atoms with E-state index in [0.717, 1.165) is 52.0 Å². The van der Waals surface area contributed by atoms with Gasteiger partial charge < -0.3 is 5.32 Å². The summed E-state index contributed by atoms with van der Waals surface area (Å²) in [7, 11) is -1.54. The summed E-state index contributed by atoms with van der Waals surface area (Å²) in [6.07, 6.45) is 3.13. The van der Waals surface area contributed by atoms with E-state index in [4.69, 9.17) is 0 Å². The predicted octanol–water partition coefficient (Wildman–Crippen LogP) is -0.446. The van der Waals surface area contributed by atoms with Crippen molar-refractivity contribution in [2.75, 3.05) is 59.4 Å². The quantitative estimate of drug-likeness (QED) is 0.745. The second-order valence-electron chi connectivity index (χ2n) is 5.38. The van der Waals surface area contributed by atoms with Crippen molar-refractivity contribution in [3.8, 4) is 0 Å². The molecule has 2 saturated heterocycles. The molecular formula is C12H26N4O2S. The standard InChI is InChI=1S/C12H26N4O2S/c1-14(11-12-15-9-5-13-6-10-15)19(17,18)16-7-3-2-4-8-16/h13H,2-12H2,1H3. The monoisotopic (exact) mass is 290 g/mol. The van der Waals surface area contributed by atoms with Crippen molar-refractivity contribution in [2.45, 2.75) is 19.3 Å². The van der Waals surface area contributed by atoms with E-state index in [9.17, 15) is 8.42 Å². The normalized spacial score (nSPS) is 23.9. The largest absolute Gasteiger partial charge is 0.314 e. The molecule has 2 fully saturated rings. The van der Waals surface area contributed by atoms with E-state index in [2.05, 4.69) is 10.2 Å². The molecule has 0 aromatic heterocycles. The molecule has 1 N–H and O–H groups in total. The Bertz CT molecular complexity index is 362. The van der Waals surface area contributed by atoms with Crippen LogP contribution >= 0.6 is 0 Å². The lowest BCUT2D eigenvalue weighted by molar-refractivity contribution is 0.224. The van der Waals surface area contributed by atoms with Crippen LogP contribution in [0.25, 0.3) is 0 Å². The van der Waals surface area contributed by atoms with Gasteiger partial charge in [-0.15, -0.1) is 0 Å². The first-order valence-electron chi connectivity index (χ1n) is 7.25. The van der Waals surface area contributed by atoms with Crippen molar-refractivity contribution in [3.63, 3.8) is 0 Å². The first-order chi connectivity index (χ1) is 9.10. The first kappa shape index (κ1) is 15.2. The van der Waals surface area contributed by atoms with Crippen molar-refractivity contribution in [2.24, 2.45) is 0 Å². The molecule has 0 aliphatic carbocycles. The van der Waals surface area contributed by atoms with Gasteiger partial charge in [-0.25, -0.2) is 0 Å². The molecule has 0 aromatic rings. The summed E-state index contributed by atoms with van der Waals surface area (Å²) in [5.41, 5.74) is 0. The van der Waals surface area contributed by atoms with Crippen LogP contribution in [-0.2, 0) is 10.2 Å². The number of nitrogens with zero attached hydrogens (tertiary/aromatic N) is 3. The summed E-state index contributed by atoms with van der Waals surface area (Å²) in [6, 6.07) is 0. The summed E-state index contributed by atoms with van der Waals surface area (Å²) in [5.74, 6) is 0. The Morgan fingerprint density at radius 1 is 1.05 bits per heavy atom.